The van der Waals surface area contributed by atoms with E-state index in [2.05, 4.69) is 63.8 Å². The molecule has 4 aromatic heterocycles. The van der Waals surface area contributed by atoms with Gasteiger partial charge in [-0.25, -0.2) is 9.36 Å². The first-order chi connectivity index (χ1) is 28.4. The SMILES string of the molecule is COc1ccc(-n2nccc2-c2ccc3noc(-c4ccc(C)cc4)c3c2)cc1.COc1ccc(-n2nccc2-c2ccc3noc(-c4ccc(Cl)cc4)c3c2)cc1. The molecule has 0 saturated carbocycles. The number of aromatic nitrogens is 6. The molecule has 0 bridgehead atoms. The number of hydrogen-bond acceptors (Lipinski definition) is 8. The van der Waals surface area contributed by atoms with E-state index in [1.54, 1.807) is 26.6 Å². The van der Waals surface area contributed by atoms with Crippen LogP contribution >= 0.6 is 11.6 Å². The number of aryl methyl sites for hydroxylation is 1. The lowest BCUT2D eigenvalue weighted by Gasteiger charge is -2.09. The maximum atomic E-state index is 6.01. The molecule has 0 aliphatic carbocycles. The first-order valence-corrected chi connectivity index (χ1v) is 18.8. The fourth-order valence-electron chi connectivity index (χ4n) is 6.83. The van der Waals surface area contributed by atoms with Gasteiger partial charge in [0.2, 0.25) is 0 Å². The van der Waals surface area contributed by atoms with E-state index in [-0.39, 0.29) is 0 Å². The molecule has 0 N–H and O–H groups in total. The molecule has 0 aliphatic heterocycles. The summed E-state index contributed by atoms with van der Waals surface area (Å²) in [6, 6.07) is 47.6. The maximum Gasteiger partial charge on any atom is 0.174 e. The van der Waals surface area contributed by atoms with Crippen molar-refractivity contribution in [2.75, 3.05) is 14.2 Å². The third kappa shape index (κ3) is 7.08. The minimum atomic E-state index is 0.682. The Morgan fingerprint density at radius 2 is 0.897 bits per heavy atom. The Labute approximate surface area is 338 Å². The van der Waals surface area contributed by atoms with Crippen LogP contribution in [0.4, 0.5) is 0 Å². The highest BCUT2D eigenvalue weighted by Gasteiger charge is 2.16. The Morgan fingerprint density at radius 1 is 0.483 bits per heavy atom. The number of methoxy groups -OCH3 is 2. The number of rotatable bonds is 8. The molecule has 10 aromatic rings. The molecule has 6 aromatic carbocycles. The van der Waals surface area contributed by atoms with Gasteiger partial charge in [0.05, 0.1) is 60.1 Å². The van der Waals surface area contributed by atoms with Gasteiger partial charge in [-0.1, -0.05) is 63.9 Å². The number of hydrogen-bond donors (Lipinski definition) is 0. The summed E-state index contributed by atoms with van der Waals surface area (Å²) in [5.41, 5.74) is 10.7. The van der Waals surface area contributed by atoms with Gasteiger partial charge in [-0.05, 0) is 116 Å². The molecule has 0 radical (unpaired) electrons. The predicted octanol–water partition coefficient (Wildman–Crippen LogP) is 11.7. The zero-order chi connectivity index (χ0) is 39.6. The average molecular weight is 783 g/mol. The van der Waals surface area contributed by atoms with E-state index >= 15 is 0 Å². The maximum absolute atomic E-state index is 6.01. The van der Waals surface area contributed by atoms with Crippen LogP contribution in [0.25, 0.3) is 78.3 Å². The molecule has 284 valence electrons. The van der Waals surface area contributed by atoms with Crippen molar-refractivity contribution in [2.45, 2.75) is 6.92 Å². The Balaban J connectivity index is 0.000000150. The summed E-state index contributed by atoms with van der Waals surface area (Å²) < 4.78 is 25.6. The zero-order valence-corrected chi connectivity index (χ0v) is 32.5. The van der Waals surface area contributed by atoms with Gasteiger partial charge < -0.3 is 18.5 Å². The number of benzene rings is 6. The zero-order valence-electron chi connectivity index (χ0n) is 31.7. The normalized spacial score (nSPS) is 11.1. The van der Waals surface area contributed by atoms with Gasteiger partial charge in [0.25, 0.3) is 0 Å². The van der Waals surface area contributed by atoms with Gasteiger partial charge in [-0.3, -0.25) is 0 Å². The Hall–Kier alpha value is -7.43. The minimum absolute atomic E-state index is 0.682. The van der Waals surface area contributed by atoms with E-state index in [0.717, 1.165) is 84.1 Å². The van der Waals surface area contributed by atoms with Gasteiger partial charge in [-0.15, -0.1) is 0 Å². The van der Waals surface area contributed by atoms with Gasteiger partial charge in [0.1, 0.15) is 22.5 Å². The second-order valence-corrected chi connectivity index (χ2v) is 13.9. The summed E-state index contributed by atoms with van der Waals surface area (Å²) in [5.74, 6) is 3.11. The largest absolute Gasteiger partial charge is 0.497 e. The standard InChI is InChI=1S/C24H19N3O2.C23H16ClN3O2/c1-16-3-5-17(6-4-16)24-21-15-18(7-12-22(21)26-29-24)23-13-14-25-27(23)19-8-10-20(28-2)11-9-19;1-28-19-9-7-18(8-10-19)27-22(12-13-25-27)16-4-11-21-20(14-16)23(29-26-21)15-2-5-17(24)6-3-15/h3-15H,1-2H3;2-14H,1H3. The van der Waals surface area contributed by atoms with E-state index in [4.69, 9.17) is 30.1 Å². The van der Waals surface area contributed by atoms with Crippen molar-refractivity contribution in [1.82, 2.24) is 29.9 Å². The summed E-state index contributed by atoms with van der Waals surface area (Å²) in [4.78, 5) is 0. The molecule has 0 amide bonds. The molecule has 10 rings (SSSR count). The van der Waals surface area contributed by atoms with Crippen LogP contribution in [0.3, 0.4) is 0 Å². The number of nitrogens with zero attached hydrogens (tertiary/aromatic N) is 6. The Bertz CT molecular complexity index is 2780. The van der Waals surface area contributed by atoms with E-state index in [0.29, 0.717) is 10.8 Å². The van der Waals surface area contributed by atoms with E-state index in [1.165, 1.54) is 5.56 Å². The van der Waals surface area contributed by atoms with Crippen molar-refractivity contribution in [3.63, 3.8) is 0 Å². The minimum Gasteiger partial charge on any atom is -0.497 e. The lowest BCUT2D eigenvalue weighted by molar-refractivity contribution is 0.414. The highest BCUT2D eigenvalue weighted by molar-refractivity contribution is 6.30. The van der Waals surface area contributed by atoms with Crippen LogP contribution in [0.1, 0.15) is 5.56 Å². The second-order valence-electron chi connectivity index (χ2n) is 13.5. The quantitative estimate of drug-likeness (QED) is 0.150. The molecule has 0 fully saturated rings. The Kier molecular flexibility index (Phi) is 9.74. The Morgan fingerprint density at radius 3 is 1.33 bits per heavy atom. The van der Waals surface area contributed by atoms with Crippen LogP contribution in [-0.4, -0.2) is 44.1 Å². The molecule has 0 saturated heterocycles. The van der Waals surface area contributed by atoms with Gasteiger partial charge in [0, 0.05) is 27.3 Å². The van der Waals surface area contributed by atoms with Crippen molar-refractivity contribution in [3.05, 3.63) is 169 Å². The molecule has 0 unspecified atom stereocenters. The monoisotopic (exact) mass is 782 g/mol. The van der Waals surface area contributed by atoms with E-state index < -0.39 is 0 Å². The number of ether oxygens (including phenoxy) is 2. The first-order valence-electron chi connectivity index (χ1n) is 18.5. The fraction of sp³-hybridized carbons (Fsp3) is 0.0638. The average Bonchev–Trinajstić information content (AvgIpc) is 4.11. The van der Waals surface area contributed by atoms with Crippen molar-refractivity contribution < 1.29 is 18.5 Å². The van der Waals surface area contributed by atoms with Crippen LogP contribution in [0, 0.1) is 6.92 Å². The third-order valence-electron chi connectivity index (χ3n) is 9.88. The fourth-order valence-corrected chi connectivity index (χ4v) is 6.95. The van der Waals surface area contributed by atoms with Gasteiger partial charge >= 0.3 is 0 Å². The summed E-state index contributed by atoms with van der Waals surface area (Å²) in [6.07, 6.45) is 3.59. The molecule has 58 heavy (non-hydrogen) atoms. The number of halogens is 1. The lowest BCUT2D eigenvalue weighted by Crippen LogP contribution is -1.98. The second kappa shape index (κ2) is 15.6. The van der Waals surface area contributed by atoms with Gasteiger partial charge in [0.15, 0.2) is 11.5 Å². The van der Waals surface area contributed by atoms with Crippen molar-refractivity contribution in [1.29, 1.82) is 0 Å². The summed E-state index contributed by atoms with van der Waals surface area (Å²) in [7, 11) is 3.31. The number of fused-ring (bicyclic) bond motifs is 2. The molecular weight excluding hydrogens is 748 g/mol. The highest BCUT2D eigenvalue weighted by atomic mass is 35.5. The van der Waals surface area contributed by atoms with Crippen molar-refractivity contribution in [3.8, 4) is 68.0 Å². The molecule has 11 heteroatoms. The smallest absolute Gasteiger partial charge is 0.174 e. The van der Waals surface area contributed by atoms with Crippen LogP contribution in [-0.2, 0) is 0 Å². The summed E-state index contributed by atoms with van der Waals surface area (Å²) in [6.45, 7) is 2.07. The molecular formula is C47H35ClN6O4. The third-order valence-corrected chi connectivity index (χ3v) is 10.1. The predicted molar refractivity (Wildman–Crippen MR) is 227 cm³/mol. The molecule has 10 nitrogen and oxygen atoms in total. The van der Waals surface area contributed by atoms with Crippen LogP contribution in [0.2, 0.25) is 5.02 Å². The lowest BCUT2D eigenvalue weighted by atomic mass is 10.0. The molecule has 0 aliphatic rings. The molecule has 4 heterocycles. The summed E-state index contributed by atoms with van der Waals surface area (Å²) in [5, 5.41) is 20.0. The van der Waals surface area contributed by atoms with Crippen LogP contribution in [0.5, 0.6) is 11.5 Å². The van der Waals surface area contributed by atoms with E-state index in [9.17, 15) is 0 Å². The van der Waals surface area contributed by atoms with Gasteiger partial charge in [-0.2, -0.15) is 10.2 Å². The highest BCUT2D eigenvalue weighted by Crippen LogP contribution is 2.35. The van der Waals surface area contributed by atoms with Crippen molar-refractivity contribution in [2.24, 2.45) is 0 Å². The van der Waals surface area contributed by atoms with Crippen molar-refractivity contribution >= 4 is 33.4 Å². The van der Waals surface area contributed by atoms with Crippen LogP contribution < -0.4 is 9.47 Å². The topological polar surface area (TPSA) is 106 Å². The summed E-state index contributed by atoms with van der Waals surface area (Å²) >= 11 is 6.01. The van der Waals surface area contributed by atoms with Crippen LogP contribution in [0.15, 0.2) is 167 Å². The molecule has 0 spiro atoms. The molecule has 0 atom stereocenters. The first kappa shape index (κ1) is 36.2. The van der Waals surface area contributed by atoms with E-state index in [1.807, 2.05) is 119 Å².